The summed E-state index contributed by atoms with van der Waals surface area (Å²) in [7, 11) is 0. The highest BCUT2D eigenvalue weighted by Gasteiger charge is 2.27. The number of nitrogens with one attached hydrogen (secondary N) is 4. The normalized spacial score (nSPS) is 13.2. The average molecular weight is 479 g/mol. The molecule has 0 spiro atoms. The van der Waals surface area contributed by atoms with Crippen LogP contribution < -0.4 is 21.7 Å². The van der Waals surface area contributed by atoms with Crippen molar-refractivity contribution in [2.24, 2.45) is 5.73 Å². The first-order valence-corrected chi connectivity index (χ1v) is 11.8. The Hall–Kier alpha value is -3.23. The van der Waals surface area contributed by atoms with E-state index in [2.05, 4.69) is 82.0 Å². The van der Waals surface area contributed by atoms with Gasteiger partial charge in [-0.05, 0) is 36.6 Å². The number of hydrogen-bond acceptors (Lipinski definition) is 6. The highest BCUT2D eigenvalue weighted by molar-refractivity contribution is 7.80. The summed E-state index contributed by atoms with van der Waals surface area (Å²) in [6.07, 6.45) is 4.27. The molecule has 180 valence electrons. The topological polar surface area (TPSA) is 108 Å². The maximum absolute atomic E-state index is 13.5. The second kappa shape index (κ2) is 11.3. The summed E-state index contributed by atoms with van der Waals surface area (Å²) in [6.45, 7) is 11.9. The number of thiol groups is 1. The first-order chi connectivity index (χ1) is 16.2. The Morgan fingerprint density at radius 1 is 1.12 bits per heavy atom. The number of nitrogens with zero attached hydrogens (tertiary/aromatic N) is 1. The van der Waals surface area contributed by atoms with Gasteiger partial charge >= 0.3 is 0 Å². The molecule has 3 aromatic rings. The zero-order valence-corrected chi connectivity index (χ0v) is 20.7. The molecule has 3 rings (SSSR count). The molecule has 1 heterocycles. The van der Waals surface area contributed by atoms with E-state index in [0.717, 1.165) is 16.6 Å². The molecular formula is C26H34N6OS. The minimum absolute atomic E-state index is 0.187. The van der Waals surface area contributed by atoms with E-state index in [1.54, 1.807) is 12.5 Å². The van der Waals surface area contributed by atoms with Gasteiger partial charge in [0.15, 0.2) is 0 Å². The molecule has 2 atom stereocenters. The van der Waals surface area contributed by atoms with Crippen LogP contribution in [0.2, 0.25) is 0 Å². The van der Waals surface area contributed by atoms with Gasteiger partial charge in [-0.1, -0.05) is 55.6 Å². The van der Waals surface area contributed by atoms with Crippen molar-refractivity contribution in [3.8, 4) is 0 Å². The fourth-order valence-corrected chi connectivity index (χ4v) is 3.78. The molecule has 2 aromatic carbocycles. The van der Waals surface area contributed by atoms with Crippen molar-refractivity contribution in [3.63, 3.8) is 0 Å². The Balaban J connectivity index is 1.81. The van der Waals surface area contributed by atoms with Crippen LogP contribution in [0.3, 0.4) is 0 Å². The van der Waals surface area contributed by atoms with Crippen LogP contribution in [0, 0.1) is 0 Å². The van der Waals surface area contributed by atoms with Crippen LogP contribution >= 0.6 is 12.6 Å². The molecule has 0 saturated carbocycles. The number of amides is 1. The van der Waals surface area contributed by atoms with Crippen LogP contribution in [0.1, 0.15) is 25.1 Å². The minimum atomic E-state index is -0.686. The van der Waals surface area contributed by atoms with Crippen molar-refractivity contribution in [2.45, 2.75) is 44.3 Å². The fourth-order valence-electron chi connectivity index (χ4n) is 3.58. The van der Waals surface area contributed by atoms with E-state index < -0.39 is 11.6 Å². The number of carbonyl (C=O) groups excluding carboxylic acids is 1. The highest BCUT2D eigenvalue weighted by Crippen LogP contribution is 2.18. The van der Waals surface area contributed by atoms with Crippen molar-refractivity contribution < 1.29 is 4.79 Å². The standard InChI is InChI=1S/C26H34N6OS/c1-17(30-16-34)23(12-19-9-10-20-7-5-6-8-21(20)11-19)32-25(33)24(13-22-14-28-15-29-22)31-18(2)26(3,4)27/h5-11,14-15,23-24,30-31,34H,1-2,12-13,16,27H2,3-4H3,(H,28,29)(H,32,33)/t23-,24+/m1/s1. The zero-order valence-electron chi connectivity index (χ0n) is 19.8. The van der Waals surface area contributed by atoms with Gasteiger partial charge in [-0.2, -0.15) is 12.6 Å². The summed E-state index contributed by atoms with van der Waals surface area (Å²) < 4.78 is 0. The predicted octanol–water partition coefficient (Wildman–Crippen LogP) is 3.03. The number of aromatic amines is 1. The monoisotopic (exact) mass is 478 g/mol. The van der Waals surface area contributed by atoms with Gasteiger partial charge in [0.1, 0.15) is 6.04 Å². The van der Waals surface area contributed by atoms with Crippen molar-refractivity contribution >= 4 is 29.3 Å². The maximum atomic E-state index is 13.5. The molecule has 1 amide bonds. The van der Waals surface area contributed by atoms with Gasteiger partial charge < -0.3 is 26.7 Å². The Labute approximate surface area is 206 Å². The quantitative estimate of drug-likeness (QED) is 0.177. The van der Waals surface area contributed by atoms with E-state index in [-0.39, 0.29) is 11.9 Å². The van der Waals surface area contributed by atoms with Crippen LogP contribution in [0.5, 0.6) is 0 Å². The van der Waals surface area contributed by atoms with E-state index >= 15 is 0 Å². The second-order valence-corrected chi connectivity index (χ2v) is 9.30. The fraction of sp³-hybridized carbons (Fsp3) is 0.308. The lowest BCUT2D eigenvalue weighted by atomic mass is 9.99. The molecule has 0 aliphatic heterocycles. The van der Waals surface area contributed by atoms with Gasteiger partial charge in [0.2, 0.25) is 5.91 Å². The third-order valence-corrected chi connectivity index (χ3v) is 5.88. The van der Waals surface area contributed by atoms with E-state index in [1.165, 1.54) is 5.39 Å². The molecule has 0 saturated heterocycles. The molecule has 0 unspecified atom stereocenters. The summed E-state index contributed by atoms with van der Waals surface area (Å²) in [5.41, 5.74) is 8.69. The van der Waals surface area contributed by atoms with Crippen LogP contribution in [0.4, 0.5) is 0 Å². The van der Waals surface area contributed by atoms with Gasteiger partial charge in [-0.25, -0.2) is 4.98 Å². The Morgan fingerprint density at radius 3 is 2.50 bits per heavy atom. The number of H-pyrrole nitrogens is 1. The molecule has 0 aliphatic carbocycles. The van der Waals surface area contributed by atoms with Gasteiger partial charge in [-0.15, -0.1) is 0 Å². The smallest absolute Gasteiger partial charge is 0.243 e. The van der Waals surface area contributed by atoms with Gasteiger partial charge in [0.05, 0.1) is 18.2 Å². The van der Waals surface area contributed by atoms with E-state index in [0.29, 0.717) is 30.1 Å². The average Bonchev–Trinajstić information content (AvgIpc) is 3.30. The zero-order chi connectivity index (χ0) is 24.7. The molecule has 0 fully saturated rings. The predicted molar refractivity (Wildman–Crippen MR) is 142 cm³/mol. The van der Waals surface area contributed by atoms with Gasteiger partial charge in [0, 0.05) is 35.2 Å². The van der Waals surface area contributed by atoms with Crippen molar-refractivity contribution in [1.29, 1.82) is 0 Å². The van der Waals surface area contributed by atoms with Crippen molar-refractivity contribution in [1.82, 2.24) is 25.9 Å². The third kappa shape index (κ3) is 6.88. The molecule has 1 aromatic heterocycles. The molecular weight excluding hydrogens is 444 g/mol. The molecule has 6 N–H and O–H groups in total. The Bertz CT molecular complexity index is 1140. The molecule has 0 bridgehead atoms. The molecule has 7 nitrogen and oxygen atoms in total. The van der Waals surface area contributed by atoms with E-state index in [9.17, 15) is 4.79 Å². The Morgan fingerprint density at radius 2 is 1.85 bits per heavy atom. The second-order valence-electron chi connectivity index (χ2n) is 8.99. The van der Waals surface area contributed by atoms with Crippen LogP contribution in [-0.4, -0.2) is 39.4 Å². The van der Waals surface area contributed by atoms with Crippen LogP contribution in [0.25, 0.3) is 10.8 Å². The number of carbonyl (C=O) groups is 1. The number of benzene rings is 2. The van der Waals surface area contributed by atoms with Gasteiger partial charge in [-0.3, -0.25) is 4.79 Å². The summed E-state index contributed by atoms with van der Waals surface area (Å²) >= 11 is 4.26. The first-order valence-electron chi connectivity index (χ1n) is 11.2. The lowest BCUT2D eigenvalue weighted by Gasteiger charge is -2.30. The first kappa shape index (κ1) is 25.4. The SMILES string of the molecule is C=C(NCS)[C@@H](Cc1ccc2ccccc2c1)NC(=O)[C@H](Cc1cnc[nH]1)NC(=C)C(C)(C)N. The number of rotatable bonds is 12. The number of fused-ring (bicyclic) bond motifs is 1. The number of aromatic nitrogens is 2. The lowest BCUT2D eigenvalue weighted by Crippen LogP contribution is -2.53. The summed E-state index contributed by atoms with van der Waals surface area (Å²) in [6, 6.07) is 13.6. The molecule has 8 heteroatoms. The third-order valence-electron chi connectivity index (χ3n) is 5.72. The minimum Gasteiger partial charge on any atom is -0.378 e. The summed E-state index contributed by atoms with van der Waals surface area (Å²) in [5, 5.41) is 11.8. The largest absolute Gasteiger partial charge is 0.378 e. The van der Waals surface area contributed by atoms with Crippen LogP contribution in [0.15, 0.2) is 79.5 Å². The highest BCUT2D eigenvalue weighted by atomic mass is 32.1. The maximum Gasteiger partial charge on any atom is 0.243 e. The van der Waals surface area contributed by atoms with Crippen molar-refractivity contribution in [2.75, 3.05) is 5.88 Å². The van der Waals surface area contributed by atoms with Gasteiger partial charge in [0.25, 0.3) is 0 Å². The van der Waals surface area contributed by atoms with E-state index in [4.69, 9.17) is 5.73 Å². The van der Waals surface area contributed by atoms with Crippen LogP contribution in [-0.2, 0) is 17.6 Å². The molecule has 34 heavy (non-hydrogen) atoms. The number of nitrogens with two attached hydrogens (primary N) is 1. The summed E-state index contributed by atoms with van der Waals surface area (Å²) in [5.74, 6) is 0.226. The summed E-state index contributed by atoms with van der Waals surface area (Å²) in [4.78, 5) is 20.6. The lowest BCUT2D eigenvalue weighted by molar-refractivity contribution is -0.123. The Kier molecular flexibility index (Phi) is 8.41. The molecule has 0 aliphatic rings. The number of hydrogen-bond donors (Lipinski definition) is 6. The van der Waals surface area contributed by atoms with E-state index in [1.807, 2.05) is 26.0 Å². The molecule has 0 radical (unpaired) electrons. The number of imidazole rings is 1. The van der Waals surface area contributed by atoms with Crippen molar-refractivity contribution in [3.05, 3.63) is 90.8 Å².